The van der Waals surface area contributed by atoms with E-state index in [0.717, 1.165) is 22.5 Å². The molecule has 0 fully saturated rings. The van der Waals surface area contributed by atoms with Crippen molar-refractivity contribution in [3.05, 3.63) is 103 Å². The number of anilines is 1. The summed E-state index contributed by atoms with van der Waals surface area (Å²) in [4.78, 5) is 26.4. The highest BCUT2D eigenvalue weighted by atomic mass is 16.2. The molecule has 0 aliphatic carbocycles. The quantitative estimate of drug-likeness (QED) is 0.473. The third-order valence-corrected chi connectivity index (χ3v) is 4.97. The lowest BCUT2D eigenvalue weighted by Crippen LogP contribution is -2.14. The number of hydrogen-bond donors (Lipinski definition) is 1. The topological polar surface area (TPSA) is 77.1 Å². The molecule has 1 amide bonds. The Labute approximate surface area is 179 Å². The highest BCUT2D eigenvalue weighted by molar-refractivity contribution is 6.07. The van der Waals surface area contributed by atoms with Gasteiger partial charge in [-0.25, -0.2) is 9.97 Å². The Morgan fingerprint density at radius 3 is 2.71 bits per heavy atom. The highest BCUT2D eigenvalue weighted by Crippen LogP contribution is 2.24. The van der Waals surface area contributed by atoms with E-state index in [0.29, 0.717) is 23.9 Å². The number of aryl methyl sites for hydroxylation is 1. The molecule has 0 unspecified atom stereocenters. The van der Waals surface area contributed by atoms with Crippen molar-refractivity contribution >= 4 is 17.2 Å². The summed E-state index contributed by atoms with van der Waals surface area (Å²) >= 11 is 0. The molecule has 0 aromatic carbocycles. The molecule has 7 heteroatoms. The van der Waals surface area contributed by atoms with Gasteiger partial charge in [0.05, 0.1) is 17.8 Å². The molecule has 5 aromatic heterocycles. The smallest absolute Gasteiger partial charge is 0.277 e. The van der Waals surface area contributed by atoms with Crippen molar-refractivity contribution in [1.82, 2.24) is 23.9 Å². The van der Waals surface area contributed by atoms with Crippen molar-refractivity contribution in [2.24, 2.45) is 0 Å². The van der Waals surface area contributed by atoms with Crippen LogP contribution < -0.4 is 5.32 Å². The molecule has 0 saturated carbocycles. The van der Waals surface area contributed by atoms with E-state index < -0.39 is 0 Å². The molecule has 5 aromatic rings. The summed E-state index contributed by atoms with van der Waals surface area (Å²) in [6, 6.07) is 19.1. The first-order chi connectivity index (χ1) is 15.2. The Morgan fingerprint density at radius 1 is 0.968 bits per heavy atom. The lowest BCUT2D eigenvalue weighted by Gasteiger charge is -2.03. The number of carbonyl (C=O) groups excluding carboxylic acids is 1. The van der Waals surface area contributed by atoms with Crippen LogP contribution in [-0.2, 0) is 6.54 Å². The standard InChI is InChI=1S/C24H20N6O/c1-17-7-6-10-21(26-17)27-24(31)22-20-9-3-5-13-30(20)23(28-22)18-11-14-29(15-18)16-19-8-2-4-12-25-19/h2-15H,16H2,1H3,(H,26,27,31). The maximum atomic E-state index is 13.0. The molecule has 0 bridgehead atoms. The van der Waals surface area contributed by atoms with Crippen molar-refractivity contribution in [1.29, 1.82) is 0 Å². The molecule has 5 heterocycles. The van der Waals surface area contributed by atoms with Crippen LogP contribution in [0, 0.1) is 6.92 Å². The van der Waals surface area contributed by atoms with E-state index in [-0.39, 0.29) is 5.91 Å². The zero-order valence-corrected chi connectivity index (χ0v) is 16.9. The minimum atomic E-state index is -0.291. The maximum Gasteiger partial charge on any atom is 0.277 e. The normalized spacial score (nSPS) is 11.0. The molecule has 0 radical (unpaired) electrons. The minimum Gasteiger partial charge on any atom is -0.348 e. The summed E-state index contributed by atoms with van der Waals surface area (Å²) < 4.78 is 3.98. The number of hydrogen-bond acceptors (Lipinski definition) is 4. The van der Waals surface area contributed by atoms with Crippen molar-refractivity contribution in [3.63, 3.8) is 0 Å². The fraction of sp³-hybridized carbons (Fsp3) is 0.0833. The summed E-state index contributed by atoms with van der Waals surface area (Å²) in [7, 11) is 0. The third-order valence-electron chi connectivity index (χ3n) is 4.97. The SMILES string of the molecule is Cc1cccc(NC(=O)c2nc(-c3ccn(Cc4ccccn4)c3)n3ccccc23)n1. The van der Waals surface area contributed by atoms with Gasteiger partial charge in [-0.05, 0) is 49.4 Å². The van der Waals surface area contributed by atoms with E-state index >= 15 is 0 Å². The second-order valence-electron chi connectivity index (χ2n) is 7.25. The summed E-state index contributed by atoms with van der Waals surface area (Å²) in [5.41, 5.74) is 3.83. The molecular formula is C24H20N6O. The molecule has 0 aliphatic rings. The van der Waals surface area contributed by atoms with E-state index in [9.17, 15) is 4.79 Å². The van der Waals surface area contributed by atoms with Crippen molar-refractivity contribution in [3.8, 4) is 11.4 Å². The van der Waals surface area contributed by atoms with Gasteiger partial charge in [0.15, 0.2) is 5.69 Å². The fourth-order valence-corrected chi connectivity index (χ4v) is 3.55. The molecule has 0 atom stereocenters. The second-order valence-corrected chi connectivity index (χ2v) is 7.25. The Bertz CT molecular complexity index is 1370. The first-order valence-corrected chi connectivity index (χ1v) is 9.95. The monoisotopic (exact) mass is 408 g/mol. The van der Waals surface area contributed by atoms with Crippen LogP contribution >= 0.6 is 0 Å². The first-order valence-electron chi connectivity index (χ1n) is 9.95. The first kappa shape index (κ1) is 18.7. The van der Waals surface area contributed by atoms with E-state index in [1.165, 1.54) is 0 Å². The summed E-state index contributed by atoms with van der Waals surface area (Å²) in [6.07, 6.45) is 7.70. The zero-order valence-electron chi connectivity index (χ0n) is 16.9. The molecule has 7 nitrogen and oxygen atoms in total. The lowest BCUT2D eigenvalue weighted by atomic mass is 10.3. The van der Waals surface area contributed by atoms with E-state index in [4.69, 9.17) is 4.98 Å². The molecular weight excluding hydrogens is 388 g/mol. The second kappa shape index (κ2) is 7.87. The van der Waals surface area contributed by atoms with E-state index in [1.807, 2.05) is 84.5 Å². The Morgan fingerprint density at radius 2 is 1.87 bits per heavy atom. The number of amides is 1. The van der Waals surface area contributed by atoms with E-state index in [1.54, 1.807) is 12.3 Å². The van der Waals surface area contributed by atoms with Crippen molar-refractivity contribution < 1.29 is 4.79 Å². The van der Waals surface area contributed by atoms with Crippen LogP contribution in [0.15, 0.2) is 85.5 Å². The number of fused-ring (bicyclic) bond motifs is 1. The number of pyridine rings is 3. The van der Waals surface area contributed by atoms with Crippen molar-refractivity contribution in [2.75, 3.05) is 5.32 Å². The predicted octanol–water partition coefficient (Wildman–Crippen LogP) is 4.20. The van der Waals surface area contributed by atoms with Gasteiger partial charge in [-0.1, -0.05) is 18.2 Å². The molecule has 0 saturated heterocycles. The lowest BCUT2D eigenvalue weighted by molar-refractivity contribution is 0.102. The number of nitrogens with zero attached hydrogens (tertiary/aromatic N) is 5. The van der Waals surface area contributed by atoms with Gasteiger partial charge >= 0.3 is 0 Å². The molecule has 31 heavy (non-hydrogen) atoms. The fourth-order valence-electron chi connectivity index (χ4n) is 3.55. The van der Waals surface area contributed by atoms with Crippen LogP contribution in [0.2, 0.25) is 0 Å². The van der Waals surface area contributed by atoms with Gasteiger partial charge in [0, 0.05) is 36.0 Å². The van der Waals surface area contributed by atoms with Gasteiger partial charge in [0.2, 0.25) is 0 Å². The van der Waals surface area contributed by atoms with Crippen LogP contribution in [0.1, 0.15) is 21.9 Å². The van der Waals surface area contributed by atoms with Crippen LogP contribution in [0.3, 0.4) is 0 Å². The van der Waals surface area contributed by atoms with Gasteiger partial charge in [-0.3, -0.25) is 14.2 Å². The van der Waals surface area contributed by atoms with Crippen LogP contribution in [-0.4, -0.2) is 29.8 Å². The number of imidazole rings is 1. The highest BCUT2D eigenvalue weighted by Gasteiger charge is 2.19. The molecule has 0 aliphatic heterocycles. The third kappa shape index (κ3) is 3.81. The zero-order chi connectivity index (χ0) is 21.2. The van der Waals surface area contributed by atoms with Crippen LogP contribution in [0.5, 0.6) is 0 Å². The number of aromatic nitrogens is 5. The summed E-state index contributed by atoms with van der Waals surface area (Å²) in [5.74, 6) is 0.920. The Hall–Kier alpha value is -4.26. The number of carbonyl (C=O) groups is 1. The minimum absolute atomic E-state index is 0.291. The largest absolute Gasteiger partial charge is 0.348 e. The molecule has 5 rings (SSSR count). The van der Waals surface area contributed by atoms with Gasteiger partial charge in [0.1, 0.15) is 11.6 Å². The molecule has 1 N–H and O–H groups in total. The van der Waals surface area contributed by atoms with Crippen LogP contribution in [0.4, 0.5) is 5.82 Å². The summed E-state index contributed by atoms with van der Waals surface area (Å²) in [6.45, 7) is 2.55. The molecule has 152 valence electrons. The number of rotatable bonds is 5. The maximum absolute atomic E-state index is 13.0. The van der Waals surface area contributed by atoms with Gasteiger partial charge in [-0.2, -0.15) is 0 Å². The predicted molar refractivity (Wildman–Crippen MR) is 119 cm³/mol. The van der Waals surface area contributed by atoms with Crippen molar-refractivity contribution in [2.45, 2.75) is 13.5 Å². The average Bonchev–Trinajstić information content (AvgIpc) is 3.39. The van der Waals surface area contributed by atoms with Gasteiger partial charge in [-0.15, -0.1) is 0 Å². The average molecular weight is 408 g/mol. The Kier molecular flexibility index (Phi) is 4.76. The molecule has 0 spiro atoms. The Balaban J connectivity index is 1.49. The summed E-state index contributed by atoms with van der Waals surface area (Å²) in [5, 5.41) is 2.85. The van der Waals surface area contributed by atoms with Gasteiger partial charge in [0.25, 0.3) is 5.91 Å². The number of nitrogens with one attached hydrogen (secondary N) is 1. The van der Waals surface area contributed by atoms with E-state index in [2.05, 4.69) is 19.9 Å². The van der Waals surface area contributed by atoms with Gasteiger partial charge < -0.3 is 9.88 Å². The van der Waals surface area contributed by atoms with Crippen LogP contribution in [0.25, 0.3) is 16.9 Å².